The van der Waals surface area contributed by atoms with Gasteiger partial charge < -0.3 is 5.43 Å². The van der Waals surface area contributed by atoms with Gasteiger partial charge in [-0.3, -0.25) is 0 Å². The number of nitrogens with one attached hydrogen (secondary N) is 1. The van der Waals surface area contributed by atoms with Crippen LogP contribution >= 0.6 is 0 Å². The third kappa shape index (κ3) is 1.81. The maximum Gasteiger partial charge on any atom is 0.151 e. The Kier molecular flexibility index (Phi) is 2.96. The first kappa shape index (κ1) is 10.8. The van der Waals surface area contributed by atoms with Gasteiger partial charge in [0.15, 0.2) is 5.82 Å². The van der Waals surface area contributed by atoms with Crippen molar-refractivity contribution in [2.45, 2.75) is 19.8 Å². The van der Waals surface area contributed by atoms with Crippen molar-refractivity contribution in [3.63, 3.8) is 0 Å². The molecule has 0 aliphatic rings. The van der Waals surface area contributed by atoms with Crippen LogP contribution in [0.3, 0.4) is 0 Å². The average molecular weight is 220 g/mol. The minimum atomic E-state index is -0.353. The number of rotatable bonds is 3. The fraction of sp³-hybridized carbons (Fsp3) is 0.273. The summed E-state index contributed by atoms with van der Waals surface area (Å²) in [5.74, 6) is 6.09. The molecule has 0 radical (unpaired) electrons. The normalized spacial score (nSPS) is 10.7. The molecule has 16 heavy (non-hydrogen) atoms. The number of hydrazine groups is 1. The van der Waals surface area contributed by atoms with Crippen molar-refractivity contribution in [3.05, 3.63) is 29.8 Å². The standard InChI is InChI=1S/C11H13FN4/c1-2-4-9-14-10-7(11(15-9)16-13)5-3-6-8(10)12/h3,5-6H,2,4,13H2,1H3,(H,14,15,16). The van der Waals surface area contributed by atoms with Gasteiger partial charge in [-0.25, -0.2) is 20.2 Å². The number of halogens is 1. The third-order valence-corrected chi connectivity index (χ3v) is 2.33. The van der Waals surface area contributed by atoms with E-state index < -0.39 is 0 Å². The predicted octanol–water partition coefficient (Wildman–Crippen LogP) is 2.01. The molecule has 0 unspecified atom stereocenters. The molecule has 0 saturated carbocycles. The minimum Gasteiger partial charge on any atom is -0.308 e. The summed E-state index contributed by atoms with van der Waals surface area (Å²) >= 11 is 0. The maximum atomic E-state index is 13.6. The second-order valence-electron chi connectivity index (χ2n) is 3.52. The summed E-state index contributed by atoms with van der Waals surface area (Å²) in [6.45, 7) is 2.02. The van der Waals surface area contributed by atoms with Crippen molar-refractivity contribution in [2.24, 2.45) is 5.84 Å². The number of fused-ring (bicyclic) bond motifs is 1. The highest BCUT2D eigenvalue weighted by Crippen LogP contribution is 2.22. The molecule has 0 atom stereocenters. The molecule has 5 heteroatoms. The summed E-state index contributed by atoms with van der Waals surface area (Å²) in [5.41, 5.74) is 2.79. The lowest BCUT2D eigenvalue weighted by molar-refractivity contribution is 0.635. The predicted molar refractivity (Wildman–Crippen MR) is 61.3 cm³/mol. The first-order valence-corrected chi connectivity index (χ1v) is 5.18. The molecule has 0 saturated heterocycles. The number of hydrogen-bond donors (Lipinski definition) is 2. The van der Waals surface area contributed by atoms with Crippen molar-refractivity contribution in [3.8, 4) is 0 Å². The highest BCUT2D eigenvalue weighted by molar-refractivity contribution is 5.89. The molecule has 84 valence electrons. The van der Waals surface area contributed by atoms with E-state index in [0.717, 1.165) is 6.42 Å². The van der Waals surface area contributed by atoms with E-state index in [1.165, 1.54) is 6.07 Å². The van der Waals surface area contributed by atoms with Gasteiger partial charge in [0.2, 0.25) is 0 Å². The SMILES string of the molecule is CCCc1nc(NN)c2cccc(F)c2n1. The zero-order valence-electron chi connectivity index (χ0n) is 9.00. The molecule has 0 amide bonds. The van der Waals surface area contributed by atoms with Crippen molar-refractivity contribution < 1.29 is 4.39 Å². The fourth-order valence-corrected chi connectivity index (χ4v) is 1.61. The molecule has 1 heterocycles. The molecular weight excluding hydrogens is 207 g/mol. The Balaban J connectivity index is 2.69. The number of anilines is 1. The summed E-state index contributed by atoms with van der Waals surface area (Å²) in [6.07, 6.45) is 1.61. The Hall–Kier alpha value is -1.75. The van der Waals surface area contributed by atoms with E-state index in [2.05, 4.69) is 15.4 Å². The highest BCUT2D eigenvalue weighted by Gasteiger charge is 2.09. The van der Waals surface area contributed by atoms with Crippen molar-refractivity contribution in [1.82, 2.24) is 9.97 Å². The van der Waals surface area contributed by atoms with Crippen LogP contribution in [0, 0.1) is 5.82 Å². The molecule has 0 bridgehead atoms. The number of nitrogens with two attached hydrogens (primary N) is 1. The van der Waals surface area contributed by atoms with Gasteiger partial charge in [-0.15, -0.1) is 0 Å². The van der Waals surface area contributed by atoms with E-state index in [9.17, 15) is 4.39 Å². The molecule has 1 aromatic carbocycles. The Morgan fingerprint density at radius 2 is 2.19 bits per heavy atom. The molecule has 3 N–H and O–H groups in total. The van der Waals surface area contributed by atoms with Crippen LogP contribution in [0.5, 0.6) is 0 Å². The van der Waals surface area contributed by atoms with Gasteiger partial charge in [0.1, 0.15) is 17.2 Å². The first-order chi connectivity index (χ1) is 7.76. The molecule has 0 aliphatic carbocycles. The van der Waals surface area contributed by atoms with Crippen LogP contribution in [0.2, 0.25) is 0 Å². The third-order valence-electron chi connectivity index (χ3n) is 2.33. The lowest BCUT2D eigenvalue weighted by Crippen LogP contribution is -2.11. The monoisotopic (exact) mass is 220 g/mol. The fourth-order valence-electron chi connectivity index (χ4n) is 1.61. The highest BCUT2D eigenvalue weighted by atomic mass is 19.1. The van der Waals surface area contributed by atoms with E-state index in [-0.39, 0.29) is 5.82 Å². The van der Waals surface area contributed by atoms with E-state index in [1.807, 2.05) is 6.92 Å². The number of para-hydroxylation sites is 1. The number of hydrogen-bond acceptors (Lipinski definition) is 4. The molecular formula is C11H13FN4. The van der Waals surface area contributed by atoms with E-state index in [4.69, 9.17) is 5.84 Å². The maximum absolute atomic E-state index is 13.6. The smallest absolute Gasteiger partial charge is 0.151 e. The number of benzene rings is 1. The van der Waals surface area contributed by atoms with Crippen LogP contribution in [-0.2, 0) is 6.42 Å². The van der Waals surface area contributed by atoms with Crippen LogP contribution in [-0.4, -0.2) is 9.97 Å². The average Bonchev–Trinajstić information content (AvgIpc) is 2.30. The molecule has 1 aromatic heterocycles. The molecule has 2 rings (SSSR count). The largest absolute Gasteiger partial charge is 0.308 e. The first-order valence-electron chi connectivity index (χ1n) is 5.18. The molecule has 0 aliphatic heterocycles. The summed E-state index contributed by atoms with van der Waals surface area (Å²) in [4.78, 5) is 8.43. The topological polar surface area (TPSA) is 63.8 Å². The Labute approximate surface area is 92.7 Å². The number of aromatic nitrogens is 2. The summed E-state index contributed by atoms with van der Waals surface area (Å²) in [7, 11) is 0. The lowest BCUT2D eigenvalue weighted by atomic mass is 10.2. The van der Waals surface area contributed by atoms with Crippen molar-refractivity contribution >= 4 is 16.7 Å². The van der Waals surface area contributed by atoms with E-state index in [1.54, 1.807) is 12.1 Å². The van der Waals surface area contributed by atoms with Crippen molar-refractivity contribution in [1.29, 1.82) is 0 Å². The number of nitrogens with zero attached hydrogens (tertiary/aromatic N) is 2. The molecule has 0 fully saturated rings. The summed E-state index contributed by atoms with van der Waals surface area (Å²) in [5, 5.41) is 0.599. The minimum absolute atomic E-state index is 0.314. The van der Waals surface area contributed by atoms with E-state index in [0.29, 0.717) is 29.0 Å². The van der Waals surface area contributed by atoms with E-state index >= 15 is 0 Å². The number of nitrogen functional groups attached to an aromatic ring is 1. The van der Waals surface area contributed by atoms with Gasteiger partial charge in [-0.1, -0.05) is 13.0 Å². The quantitative estimate of drug-likeness (QED) is 0.613. The Morgan fingerprint density at radius 3 is 2.88 bits per heavy atom. The van der Waals surface area contributed by atoms with Gasteiger partial charge in [-0.05, 0) is 18.6 Å². The van der Waals surface area contributed by atoms with Gasteiger partial charge in [0.25, 0.3) is 0 Å². The zero-order valence-corrected chi connectivity index (χ0v) is 9.00. The summed E-state index contributed by atoms with van der Waals surface area (Å²) in [6, 6.07) is 4.73. The number of aryl methyl sites for hydroxylation is 1. The van der Waals surface area contributed by atoms with Crippen LogP contribution in [0.15, 0.2) is 18.2 Å². The van der Waals surface area contributed by atoms with Crippen LogP contribution < -0.4 is 11.3 Å². The van der Waals surface area contributed by atoms with Crippen LogP contribution in [0.1, 0.15) is 19.2 Å². The van der Waals surface area contributed by atoms with Crippen LogP contribution in [0.4, 0.5) is 10.2 Å². The van der Waals surface area contributed by atoms with Crippen molar-refractivity contribution in [2.75, 3.05) is 5.43 Å². The molecule has 4 nitrogen and oxygen atoms in total. The lowest BCUT2D eigenvalue weighted by Gasteiger charge is -2.07. The second-order valence-corrected chi connectivity index (χ2v) is 3.52. The molecule has 2 aromatic rings. The second kappa shape index (κ2) is 4.40. The Morgan fingerprint density at radius 1 is 1.38 bits per heavy atom. The Bertz CT molecular complexity index is 513. The van der Waals surface area contributed by atoms with Gasteiger partial charge in [0.05, 0.1) is 0 Å². The van der Waals surface area contributed by atoms with Gasteiger partial charge >= 0.3 is 0 Å². The van der Waals surface area contributed by atoms with Crippen LogP contribution in [0.25, 0.3) is 10.9 Å². The van der Waals surface area contributed by atoms with Gasteiger partial charge in [-0.2, -0.15) is 0 Å². The zero-order chi connectivity index (χ0) is 11.5. The van der Waals surface area contributed by atoms with Gasteiger partial charge in [0, 0.05) is 11.8 Å². The summed E-state index contributed by atoms with van der Waals surface area (Å²) < 4.78 is 13.6. The molecule has 0 spiro atoms.